The lowest BCUT2D eigenvalue weighted by molar-refractivity contribution is 0.103. The Kier molecular flexibility index (Phi) is 4.64. The average Bonchev–Trinajstić information content (AvgIpc) is 3.01. The Labute approximate surface area is 127 Å². The van der Waals surface area contributed by atoms with E-state index in [0.717, 1.165) is 0 Å². The Morgan fingerprint density at radius 1 is 1.33 bits per heavy atom. The second kappa shape index (κ2) is 6.28. The van der Waals surface area contributed by atoms with Crippen LogP contribution in [0.25, 0.3) is 0 Å². The molecule has 2 aromatic rings. The number of hydrogen-bond donors (Lipinski definition) is 1. The summed E-state index contributed by atoms with van der Waals surface area (Å²) in [5, 5.41) is 4.52. The van der Waals surface area contributed by atoms with Gasteiger partial charge in [-0.25, -0.2) is 8.42 Å². The second-order valence-corrected chi connectivity index (χ2v) is 7.42. The van der Waals surface area contributed by atoms with E-state index in [1.54, 1.807) is 19.1 Å². The largest absolute Gasteiger partial charge is 0.495 e. The standard InChI is InChI=1S/C14H15NO4S2/c1-3-21(17,18)10-6-7-11(12(9-10)19-2)15-14(16)13-5-4-8-20-13/h4-9H,3H2,1-2H3,(H,15,16). The fraction of sp³-hybridized carbons (Fsp3) is 0.214. The minimum Gasteiger partial charge on any atom is -0.495 e. The van der Waals surface area contributed by atoms with Gasteiger partial charge in [-0.15, -0.1) is 11.3 Å². The molecule has 7 heteroatoms. The normalized spacial score (nSPS) is 11.1. The summed E-state index contributed by atoms with van der Waals surface area (Å²) >= 11 is 1.33. The predicted molar refractivity (Wildman–Crippen MR) is 83.0 cm³/mol. The Morgan fingerprint density at radius 2 is 2.10 bits per heavy atom. The van der Waals surface area contributed by atoms with Crippen molar-refractivity contribution in [2.75, 3.05) is 18.2 Å². The van der Waals surface area contributed by atoms with E-state index in [1.165, 1.54) is 36.6 Å². The van der Waals surface area contributed by atoms with Crippen molar-refractivity contribution in [3.8, 4) is 5.75 Å². The number of rotatable bonds is 5. The zero-order chi connectivity index (χ0) is 15.5. The van der Waals surface area contributed by atoms with Crippen molar-refractivity contribution >= 4 is 32.8 Å². The van der Waals surface area contributed by atoms with Gasteiger partial charge in [0.1, 0.15) is 5.75 Å². The number of hydrogen-bond acceptors (Lipinski definition) is 5. The molecule has 21 heavy (non-hydrogen) atoms. The van der Waals surface area contributed by atoms with Gasteiger partial charge in [0.05, 0.1) is 28.3 Å². The Morgan fingerprint density at radius 3 is 2.67 bits per heavy atom. The van der Waals surface area contributed by atoms with E-state index in [2.05, 4.69) is 5.32 Å². The first-order chi connectivity index (χ1) is 9.97. The molecule has 0 fully saturated rings. The molecule has 1 aromatic carbocycles. The first kappa shape index (κ1) is 15.5. The topological polar surface area (TPSA) is 72.5 Å². The first-order valence-electron chi connectivity index (χ1n) is 6.23. The monoisotopic (exact) mass is 325 g/mol. The Balaban J connectivity index is 2.31. The number of anilines is 1. The zero-order valence-corrected chi connectivity index (χ0v) is 13.3. The van der Waals surface area contributed by atoms with Crippen LogP contribution < -0.4 is 10.1 Å². The van der Waals surface area contributed by atoms with Gasteiger partial charge in [0.25, 0.3) is 5.91 Å². The molecule has 1 amide bonds. The summed E-state index contributed by atoms with van der Waals surface area (Å²) < 4.78 is 28.9. The number of nitrogens with one attached hydrogen (secondary N) is 1. The minimum absolute atomic E-state index is 0.0110. The SMILES string of the molecule is CCS(=O)(=O)c1ccc(NC(=O)c2cccs2)c(OC)c1. The van der Waals surface area contributed by atoms with Crippen LogP contribution in [0.1, 0.15) is 16.6 Å². The smallest absolute Gasteiger partial charge is 0.265 e. The molecule has 5 nitrogen and oxygen atoms in total. The van der Waals surface area contributed by atoms with Crippen molar-refractivity contribution in [2.45, 2.75) is 11.8 Å². The number of thiophene rings is 1. The molecule has 1 N–H and O–H groups in total. The molecule has 0 aliphatic carbocycles. The van der Waals surface area contributed by atoms with E-state index >= 15 is 0 Å². The number of amides is 1. The lowest BCUT2D eigenvalue weighted by Gasteiger charge is -2.11. The summed E-state index contributed by atoms with van der Waals surface area (Å²) in [5.41, 5.74) is 0.436. The zero-order valence-electron chi connectivity index (χ0n) is 11.6. The third-order valence-electron chi connectivity index (χ3n) is 2.91. The number of ether oxygens (including phenoxy) is 1. The highest BCUT2D eigenvalue weighted by Crippen LogP contribution is 2.28. The summed E-state index contributed by atoms with van der Waals surface area (Å²) in [4.78, 5) is 12.8. The third-order valence-corrected chi connectivity index (χ3v) is 5.51. The van der Waals surface area contributed by atoms with Crippen LogP contribution in [-0.4, -0.2) is 27.2 Å². The van der Waals surface area contributed by atoms with Gasteiger partial charge in [0, 0.05) is 6.07 Å². The highest BCUT2D eigenvalue weighted by Gasteiger charge is 2.16. The Bertz CT molecular complexity index is 736. The van der Waals surface area contributed by atoms with Gasteiger partial charge in [-0.3, -0.25) is 4.79 Å². The Hall–Kier alpha value is -1.86. The summed E-state index contributed by atoms with van der Waals surface area (Å²) in [6.45, 7) is 1.58. The van der Waals surface area contributed by atoms with E-state index in [0.29, 0.717) is 16.3 Å². The fourth-order valence-corrected chi connectivity index (χ4v) is 3.24. The molecule has 2 rings (SSSR count). The number of benzene rings is 1. The van der Waals surface area contributed by atoms with Gasteiger partial charge in [0.15, 0.2) is 9.84 Å². The van der Waals surface area contributed by atoms with Gasteiger partial charge in [-0.05, 0) is 23.6 Å². The quantitative estimate of drug-likeness (QED) is 0.917. The molecule has 0 aliphatic heterocycles. The summed E-state index contributed by atoms with van der Waals surface area (Å²) in [6, 6.07) is 7.91. The number of sulfone groups is 1. The van der Waals surface area contributed by atoms with Crippen LogP contribution in [0.2, 0.25) is 0 Å². The number of carbonyl (C=O) groups excluding carboxylic acids is 1. The van der Waals surface area contributed by atoms with Gasteiger partial charge in [0.2, 0.25) is 0 Å². The minimum atomic E-state index is -3.31. The van der Waals surface area contributed by atoms with Crippen molar-refractivity contribution in [3.05, 3.63) is 40.6 Å². The number of methoxy groups -OCH3 is 1. The molecule has 0 spiro atoms. The van der Waals surface area contributed by atoms with Crippen LogP contribution in [0.15, 0.2) is 40.6 Å². The van der Waals surface area contributed by atoms with Crippen molar-refractivity contribution in [3.63, 3.8) is 0 Å². The fourth-order valence-electron chi connectivity index (χ4n) is 1.73. The second-order valence-electron chi connectivity index (χ2n) is 4.20. The van der Waals surface area contributed by atoms with E-state index in [4.69, 9.17) is 4.74 Å². The lowest BCUT2D eigenvalue weighted by atomic mass is 10.3. The van der Waals surface area contributed by atoms with Crippen LogP contribution >= 0.6 is 11.3 Å². The van der Waals surface area contributed by atoms with Crippen molar-refractivity contribution in [1.82, 2.24) is 0 Å². The van der Waals surface area contributed by atoms with E-state index in [1.807, 2.05) is 5.38 Å². The van der Waals surface area contributed by atoms with Crippen LogP contribution in [0, 0.1) is 0 Å². The van der Waals surface area contributed by atoms with E-state index in [-0.39, 0.29) is 16.6 Å². The third kappa shape index (κ3) is 3.43. The van der Waals surface area contributed by atoms with Crippen LogP contribution in [-0.2, 0) is 9.84 Å². The highest BCUT2D eigenvalue weighted by molar-refractivity contribution is 7.91. The molecule has 0 aliphatic rings. The maximum absolute atomic E-state index is 12.0. The van der Waals surface area contributed by atoms with Gasteiger partial charge >= 0.3 is 0 Å². The summed E-state index contributed by atoms with van der Waals surface area (Å²) in [7, 11) is -1.88. The maximum atomic E-state index is 12.0. The van der Waals surface area contributed by atoms with E-state index < -0.39 is 9.84 Å². The summed E-state index contributed by atoms with van der Waals surface area (Å²) in [5.74, 6) is 0.0701. The van der Waals surface area contributed by atoms with Crippen LogP contribution in [0.5, 0.6) is 5.75 Å². The molecule has 0 atom stereocenters. The average molecular weight is 325 g/mol. The van der Waals surface area contributed by atoms with Gasteiger partial charge < -0.3 is 10.1 Å². The van der Waals surface area contributed by atoms with Crippen LogP contribution in [0.4, 0.5) is 5.69 Å². The first-order valence-corrected chi connectivity index (χ1v) is 8.76. The molecule has 0 saturated heterocycles. The van der Waals surface area contributed by atoms with Crippen molar-refractivity contribution in [1.29, 1.82) is 0 Å². The molecular formula is C14H15NO4S2. The summed E-state index contributed by atoms with van der Waals surface area (Å²) in [6.07, 6.45) is 0. The molecule has 0 radical (unpaired) electrons. The van der Waals surface area contributed by atoms with Crippen LogP contribution in [0.3, 0.4) is 0 Å². The molecule has 1 heterocycles. The lowest BCUT2D eigenvalue weighted by Crippen LogP contribution is -2.12. The highest BCUT2D eigenvalue weighted by atomic mass is 32.2. The molecule has 112 valence electrons. The van der Waals surface area contributed by atoms with Crippen molar-refractivity contribution < 1.29 is 17.9 Å². The molecule has 1 aromatic heterocycles. The van der Waals surface area contributed by atoms with Gasteiger partial charge in [-0.1, -0.05) is 13.0 Å². The predicted octanol–water partition coefficient (Wildman–Crippen LogP) is 2.80. The van der Waals surface area contributed by atoms with Crippen molar-refractivity contribution in [2.24, 2.45) is 0 Å². The molecule has 0 saturated carbocycles. The van der Waals surface area contributed by atoms with E-state index in [9.17, 15) is 13.2 Å². The molecular weight excluding hydrogens is 310 g/mol. The number of carbonyl (C=O) groups is 1. The molecule has 0 unspecified atom stereocenters. The van der Waals surface area contributed by atoms with Gasteiger partial charge in [-0.2, -0.15) is 0 Å². The maximum Gasteiger partial charge on any atom is 0.265 e. The molecule has 0 bridgehead atoms.